The van der Waals surface area contributed by atoms with Crippen molar-refractivity contribution in [3.8, 4) is 0 Å². The molecule has 3 heteroatoms. The molecule has 1 atom stereocenters. The average molecular weight is 184 g/mol. The fraction of sp³-hybridized carbons (Fsp3) is 1.00. The molecule has 0 aromatic carbocycles. The Morgan fingerprint density at radius 2 is 2.23 bits per heavy atom. The topological polar surface area (TPSA) is 44.3 Å². The van der Waals surface area contributed by atoms with Gasteiger partial charge >= 0.3 is 0 Å². The molecule has 0 aromatic rings. The van der Waals surface area contributed by atoms with Crippen molar-refractivity contribution in [2.75, 3.05) is 19.6 Å². The van der Waals surface area contributed by atoms with E-state index in [1.54, 1.807) is 0 Å². The SMILES string of the molecule is OC1CC(CNC2CCCNC2)C1. The lowest BCUT2D eigenvalue weighted by Gasteiger charge is -2.33. The second-order valence-electron chi connectivity index (χ2n) is 4.44. The van der Waals surface area contributed by atoms with Crippen molar-refractivity contribution in [1.82, 2.24) is 10.6 Å². The Labute approximate surface area is 79.9 Å². The van der Waals surface area contributed by atoms with Gasteiger partial charge in [0.1, 0.15) is 0 Å². The third kappa shape index (κ3) is 2.66. The van der Waals surface area contributed by atoms with Crippen molar-refractivity contribution in [1.29, 1.82) is 0 Å². The molecule has 0 aromatic heterocycles. The molecule has 2 fully saturated rings. The second kappa shape index (κ2) is 4.40. The van der Waals surface area contributed by atoms with Crippen molar-refractivity contribution in [3.05, 3.63) is 0 Å². The quantitative estimate of drug-likeness (QED) is 0.583. The molecule has 0 amide bonds. The predicted molar refractivity (Wildman–Crippen MR) is 52.6 cm³/mol. The molecule has 0 spiro atoms. The molecule has 3 N–H and O–H groups in total. The van der Waals surface area contributed by atoms with Crippen molar-refractivity contribution in [2.24, 2.45) is 5.92 Å². The minimum absolute atomic E-state index is 0.00344. The highest BCUT2D eigenvalue weighted by atomic mass is 16.3. The zero-order valence-corrected chi connectivity index (χ0v) is 8.13. The molecule has 2 rings (SSSR count). The largest absolute Gasteiger partial charge is 0.393 e. The summed E-state index contributed by atoms with van der Waals surface area (Å²) in [6, 6.07) is 0.673. The molecule has 1 heterocycles. The summed E-state index contributed by atoms with van der Waals surface area (Å²) in [5, 5.41) is 16.1. The van der Waals surface area contributed by atoms with Crippen LogP contribution >= 0.6 is 0 Å². The number of hydrogen-bond donors (Lipinski definition) is 3. The van der Waals surface area contributed by atoms with Crippen LogP contribution in [0.3, 0.4) is 0 Å². The van der Waals surface area contributed by atoms with Crippen molar-refractivity contribution in [3.63, 3.8) is 0 Å². The van der Waals surface area contributed by atoms with E-state index in [4.69, 9.17) is 5.11 Å². The van der Waals surface area contributed by atoms with Gasteiger partial charge in [0.2, 0.25) is 0 Å². The van der Waals surface area contributed by atoms with Gasteiger partial charge in [-0.3, -0.25) is 0 Å². The fourth-order valence-electron chi connectivity index (χ4n) is 2.23. The molecule has 76 valence electrons. The molecule has 1 aliphatic carbocycles. The van der Waals surface area contributed by atoms with Gasteiger partial charge in [-0.2, -0.15) is 0 Å². The summed E-state index contributed by atoms with van der Waals surface area (Å²) in [4.78, 5) is 0. The van der Waals surface area contributed by atoms with Gasteiger partial charge in [-0.15, -0.1) is 0 Å². The van der Waals surface area contributed by atoms with Crippen LogP contribution in [0.2, 0.25) is 0 Å². The van der Waals surface area contributed by atoms with Crippen molar-refractivity contribution < 1.29 is 5.11 Å². The lowest BCUT2D eigenvalue weighted by atomic mass is 9.82. The van der Waals surface area contributed by atoms with E-state index in [9.17, 15) is 0 Å². The minimum Gasteiger partial charge on any atom is -0.393 e. The standard InChI is InChI=1S/C10H20N2O/c13-10-4-8(5-10)6-12-9-2-1-3-11-7-9/h8-13H,1-7H2. The van der Waals surface area contributed by atoms with Crippen LogP contribution in [0.5, 0.6) is 0 Å². The number of aliphatic hydroxyl groups is 1. The molecule has 1 unspecified atom stereocenters. The first-order chi connectivity index (χ1) is 6.34. The summed E-state index contributed by atoms with van der Waals surface area (Å²) in [7, 11) is 0. The van der Waals surface area contributed by atoms with Gasteiger partial charge in [-0.25, -0.2) is 0 Å². The summed E-state index contributed by atoms with van der Waals surface area (Å²) in [5.74, 6) is 0.733. The highest BCUT2D eigenvalue weighted by molar-refractivity contribution is 4.83. The van der Waals surface area contributed by atoms with Gasteiger partial charge in [-0.1, -0.05) is 0 Å². The van der Waals surface area contributed by atoms with E-state index in [2.05, 4.69) is 10.6 Å². The number of aliphatic hydroxyl groups excluding tert-OH is 1. The van der Waals surface area contributed by atoms with Gasteiger partial charge in [0.05, 0.1) is 6.10 Å². The number of nitrogens with one attached hydrogen (secondary N) is 2. The maximum absolute atomic E-state index is 9.12. The third-order valence-corrected chi connectivity index (χ3v) is 3.20. The minimum atomic E-state index is -0.00344. The van der Waals surface area contributed by atoms with Gasteiger partial charge in [0.15, 0.2) is 0 Å². The molecule has 1 aliphatic heterocycles. The lowest BCUT2D eigenvalue weighted by molar-refractivity contribution is 0.0415. The number of hydrogen-bond acceptors (Lipinski definition) is 3. The van der Waals surface area contributed by atoms with E-state index in [1.165, 1.54) is 19.4 Å². The fourth-order valence-corrected chi connectivity index (χ4v) is 2.23. The summed E-state index contributed by atoms with van der Waals surface area (Å²) >= 11 is 0. The average Bonchev–Trinajstić information content (AvgIpc) is 2.12. The normalized spacial score (nSPS) is 39.9. The first-order valence-corrected chi connectivity index (χ1v) is 5.47. The van der Waals surface area contributed by atoms with E-state index in [1.807, 2.05) is 0 Å². The van der Waals surface area contributed by atoms with Crippen LogP contribution in [-0.2, 0) is 0 Å². The van der Waals surface area contributed by atoms with E-state index < -0.39 is 0 Å². The molecule has 0 radical (unpaired) electrons. The Morgan fingerprint density at radius 1 is 1.38 bits per heavy atom. The van der Waals surface area contributed by atoms with Gasteiger partial charge in [0.25, 0.3) is 0 Å². The monoisotopic (exact) mass is 184 g/mol. The first kappa shape index (κ1) is 9.44. The Bertz CT molecular complexity index is 151. The van der Waals surface area contributed by atoms with Gasteiger partial charge in [0, 0.05) is 12.6 Å². The second-order valence-corrected chi connectivity index (χ2v) is 4.44. The Balaban J connectivity index is 1.56. The zero-order chi connectivity index (χ0) is 9.10. The Morgan fingerprint density at radius 3 is 2.85 bits per heavy atom. The van der Waals surface area contributed by atoms with Gasteiger partial charge < -0.3 is 15.7 Å². The molecule has 1 saturated heterocycles. The van der Waals surface area contributed by atoms with E-state index in [0.29, 0.717) is 6.04 Å². The molecular formula is C10H20N2O. The van der Waals surface area contributed by atoms with Gasteiger partial charge in [-0.05, 0) is 44.7 Å². The van der Waals surface area contributed by atoms with E-state index in [-0.39, 0.29) is 6.10 Å². The van der Waals surface area contributed by atoms with E-state index in [0.717, 1.165) is 31.8 Å². The van der Waals surface area contributed by atoms with Crippen LogP contribution in [0.1, 0.15) is 25.7 Å². The highest BCUT2D eigenvalue weighted by Crippen LogP contribution is 2.26. The smallest absolute Gasteiger partial charge is 0.0546 e. The predicted octanol–water partition coefficient (Wildman–Crippen LogP) is 0.0989. The van der Waals surface area contributed by atoms with Crippen molar-refractivity contribution in [2.45, 2.75) is 37.8 Å². The summed E-state index contributed by atoms with van der Waals surface area (Å²) in [5.41, 5.74) is 0. The molecular weight excluding hydrogens is 164 g/mol. The van der Waals surface area contributed by atoms with Crippen LogP contribution in [0.15, 0.2) is 0 Å². The van der Waals surface area contributed by atoms with Crippen molar-refractivity contribution >= 4 is 0 Å². The molecule has 3 nitrogen and oxygen atoms in total. The van der Waals surface area contributed by atoms with Crippen LogP contribution in [0, 0.1) is 5.92 Å². The third-order valence-electron chi connectivity index (χ3n) is 3.20. The van der Waals surface area contributed by atoms with Crippen LogP contribution in [-0.4, -0.2) is 36.9 Å². The molecule has 2 aliphatic rings. The van der Waals surface area contributed by atoms with Crippen LogP contribution in [0.25, 0.3) is 0 Å². The Hall–Kier alpha value is -0.120. The summed E-state index contributed by atoms with van der Waals surface area (Å²) in [6.45, 7) is 3.40. The zero-order valence-electron chi connectivity index (χ0n) is 8.13. The lowest BCUT2D eigenvalue weighted by Crippen LogP contribution is -2.46. The summed E-state index contributed by atoms with van der Waals surface area (Å²) < 4.78 is 0. The maximum atomic E-state index is 9.12. The molecule has 0 bridgehead atoms. The first-order valence-electron chi connectivity index (χ1n) is 5.47. The van der Waals surface area contributed by atoms with Crippen LogP contribution in [0.4, 0.5) is 0 Å². The molecule has 13 heavy (non-hydrogen) atoms. The highest BCUT2D eigenvalue weighted by Gasteiger charge is 2.27. The summed E-state index contributed by atoms with van der Waals surface area (Å²) in [6.07, 6.45) is 4.62. The number of piperidine rings is 1. The number of rotatable bonds is 3. The van der Waals surface area contributed by atoms with Crippen LogP contribution < -0.4 is 10.6 Å². The molecule has 1 saturated carbocycles. The Kier molecular flexibility index (Phi) is 3.19. The maximum Gasteiger partial charge on any atom is 0.0546 e. The van der Waals surface area contributed by atoms with E-state index >= 15 is 0 Å².